The Labute approximate surface area is 146 Å². The minimum atomic E-state index is -0.00591. The number of aromatic amines is 2. The molecule has 0 spiro atoms. The van der Waals surface area contributed by atoms with Crippen LogP contribution in [0.1, 0.15) is 0 Å². The smallest absolute Gasteiger partial charge is 0.199 e. The molecule has 0 saturated heterocycles. The molecule has 0 fully saturated rings. The molecular weight excluding hydrogens is 426 g/mol. The average molecular weight is 435 g/mol. The van der Waals surface area contributed by atoms with Gasteiger partial charge >= 0.3 is 0 Å². The van der Waals surface area contributed by atoms with Crippen LogP contribution >= 0.6 is 31.9 Å². The number of nitroso groups, excluding NO2 is 1. The molecule has 0 bridgehead atoms. The van der Waals surface area contributed by atoms with Crippen molar-refractivity contribution in [3.05, 3.63) is 50.3 Å². The first-order valence-corrected chi connectivity index (χ1v) is 8.32. The number of halogens is 2. The van der Waals surface area contributed by atoms with Gasteiger partial charge in [0.25, 0.3) is 0 Å². The maximum absolute atomic E-state index is 11.4. The Balaban J connectivity index is 2.10. The van der Waals surface area contributed by atoms with E-state index in [2.05, 4.69) is 47.0 Å². The lowest BCUT2D eigenvalue weighted by Crippen LogP contribution is -1.77. The van der Waals surface area contributed by atoms with E-state index in [1.54, 1.807) is 0 Å². The summed E-state index contributed by atoms with van der Waals surface area (Å²) in [6.45, 7) is 0. The second-order valence-electron chi connectivity index (χ2n) is 5.17. The molecule has 0 amide bonds. The molecule has 4 rings (SSSR count). The zero-order chi connectivity index (χ0) is 16.1. The molecule has 0 aliphatic rings. The van der Waals surface area contributed by atoms with Crippen LogP contribution in [0.2, 0.25) is 0 Å². The molecule has 2 aromatic carbocycles. The van der Waals surface area contributed by atoms with Gasteiger partial charge in [-0.3, -0.25) is 0 Å². The Morgan fingerprint density at radius 1 is 0.913 bits per heavy atom. The van der Waals surface area contributed by atoms with Gasteiger partial charge in [0.15, 0.2) is 5.88 Å². The normalized spacial score (nSPS) is 11.4. The summed E-state index contributed by atoms with van der Waals surface area (Å²) in [5.74, 6) is -0.00591. The summed E-state index contributed by atoms with van der Waals surface area (Å²) in [5.41, 5.74) is 2.86. The van der Waals surface area contributed by atoms with E-state index in [9.17, 15) is 10.0 Å². The first-order chi connectivity index (χ1) is 11.1. The number of hydrogen-bond donors (Lipinski definition) is 3. The molecule has 5 nitrogen and oxygen atoms in total. The lowest BCUT2D eigenvalue weighted by atomic mass is 10.1. The molecule has 0 atom stereocenters. The SMILES string of the molecule is O=Nc1c(-c2c(O)[nH]c3cc(Br)ccc23)[nH]c2ccc(Br)cc12. The van der Waals surface area contributed by atoms with Crippen molar-refractivity contribution in [2.45, 2.75) is 0 Å². The van der Waals surface area contributed by atoms with Crippen LogP contribution in [0.15, 0.2) is 50.5 Å². The van der Waals surface area contributed by atoms with Gasteiger partial charge < -0.3 is 15.1 Å². The number of aromatic hydroxyl groups is 1. The Morgan fingerprint density at radius 2 is 1.65 bits per heavy atom. The molecule has 114 valence electrons. The van der Waals surface area contributed by atoms with Gasteiger partial charge in [-0.2, -0.15) is 0 Å². The van der Waals surface area contributed by atoms with Crippen LogP contribution in [0.25, 0.3) is 33.1 Å². The molecule has 2 heterocycles. The Hall–Kier alpha value is -2.12. The number of nitrogens with one attached hydrogen (secondary N) is 2. The highest BCUT2D eigenvalue weighted by Gasteiger charge is 2.21. The molecule has 0 aliphatic carbocycles. The quantitative estimate of drug-likeness (QED) is 0.341. The van der Waals surface area contributed by atoms with Gasteiger partial charge in [0, 0.05) is 25.2 Å². The first-order valence-electron chi connectivity index (χ1n) is 6.73. The Kier molecular flexibility index (Phi) is 3.28. The van der Waals surface area contributed by atoms with Crippen molar-refractivity contribution in [1.82, 2.24) is 9.97 Å². The van der Waals surface area contributed by atoms with E-state index in [4.69, 9.17) is 0 Å². The predicted octanol–water partition coefficient (Wildman–Crippen LogP) is 5.94. The maximum atomic E-state index is 11.4. The number of fused-ring (bicyclic) bond motifs is 2. The van der Waals surface area contributed by atoms with Gasteiger partial charge in [0.1, 0.15) is 5.69 Å². The summed E-state index contributed by atoms with van der Waals surface area (Å²) in [7, 11) is 0. The van der Waals surface area contributed by atoms with E-state index in [-0.39, 0.29) is 11.6 Å². The van der Waals surface area contributed by atoms with Crippen molar-refractivity contribution < 1.29 is 5.11 Å². The second kappa shape index (κ2) is 5.21. The third kappa shape index (κ3) is 2.19. The molecule has 3 N–H and O–H groups in total. The van der Waals surface area contributed by atoms with Crippen molar-refractivity contribution in [2.24, 2.45) is 5.18 Å². The van der Waals surface area contributed by atoms with Gasteiger partial charge in [0.05, 0.1) is 16.8 Å². The van der Waals surface area contributed by atoms with Crippen LogP contribution in [0, 0.1) is 4.91 Å². The molecule has 0 unspecified atom stereocenters. The maximum Gasteiger partial charge on any atom is 0.199 e. The van der Waals surface area contributed by atoms with E-state index in [1.807, 2.05) is 36.4 Å². The van der Waals surface area contributed by atoms with Crippen LogP contribution in [0.4, 0.5) is 5.69 Å². The van der Waals surface area contributed by atoms with E-state index >= 15 is 0 Å². The summed E-state index contributed by atoms with van der Waals surface area (Å²) in [5, 5.41) is 15.0. The van der Waals surface area contributed by atoms with Gasteiger partial charge in [-0.05, 0) is 35.5 Å². The minimum Gasteiger partial charge on any atom is -0.494 e. The van der Waals surface area contributed by atoms with E-state index in [1.165, 1.54) is 0 Å². The summed E-state index contributed by atoms with van der Waals surface area (Å²) in [6.07, 6.45) is 0. The summed E-state index contributed by atoms with van der Waals surface area (Å²) >= 11 is 6.80. The summed E-state index contributed by atoms with van der Waals surface area (Å²) in [6, 6.07) is 11.2. The monoisotopic (exact) mass is 433 g/mol. The van der Waals surface area contributed by atoms with Crippen molar-refractivity contribution in [3.63, 3.8) is 0 Å². The molecule has 0 saturated carbocycles. The lowest BCUT2D eigenvalue weighted by molar-refractivity contribution is 0.460. The Morgan fingerprint density at radius 3 is 2.43 bits per heavy atom. The van der Waals surface area contributed by atoms with E-state index in [0.29, 0.717) is 16.6 Å². The number of H-pyrrole nitrogens is 2. The van der Waals surface area contributed by atoms with Gasteiger partial charge in [-0.25, -0.2) is 0 Å². The highest BCUT2D eigenvalue weighted by Crippen LogP contribution is 2.44. The zero-order valence-electron chi connectivity index (χ0n) is 11.5. The third-order valence-corrected chi connectivity index (χ3v) is 4.80. The number of nitrogens with zero attached hydrogens (tertiary/aromatic N) is 1. The molecule has 23 heavy (non-hydrogen) atoms. The lowest BCUT2D eigenvalue weighted by Gasteiger charge is -1.99. The zero-order valence-corrected chi connectivity index (χ0v) is 14.7. The largest absolute Gasteiger partial charge is 0.494 e. The fraction of sp³-hybridized carbons (Fsp3) is 0. The topological polar surface area (TPSA) is 81.2 Å². The molecule has 0 aliphatic heterocycles. The van der Waals surface area contributed by atoms with Crippen molar-refractivity contribution >= 4 is 59.4 Å². The predicted molar refractivity (Wildman–Crippen MR) is 98.1 cm³/mol. The first kappa shape index (κ1) is 14.5. The molecular formula is C16H9Br2N3O2. The fourth-order valence-electron chi connectivity index (χ4n) is 2.83. The van der Waals surface area contributed by atoms with Gasteiger partial charge in [-0.1, -0.05) is 37.9 Å². The highest BCUT2D eigenvalue weighted by molar-refractivity contribution is 9.10. The average Bonchev–Trinajstić information content (AvgIpc) is 3.02. The van der Waals surface area contributed by atoms with Crippen LogP contribution in [-0.2, 0) is 0 Å². The van der Waals surface area contributed by atoms with Crippen LogP contribution in [0.3, 0.4) is 0 Å². The fourth-order valence-corrected chi connectivity index (χ4v) is 3.56. The molecule has 0 radical (unpaired) electrons. The molecule has 7 heteroatoms. The summed E-state index contributed by atoms with van der Waals surface area (Å²) in [4.78, 5) is 17.5. The Bertz CT molecular complexity index is 1080. The second-order valence-corrected chi connectivity index (χ2v) is 7.00. The number of hydrogen-bond acceptors (Lipinski definition) is 3. The van der Waals surface area contributed by atoms with Gasteiger partial charge in [-0.15, -0.1) is 4.91 Å². The third-order valence-electron chi connectivity index (χ3n) is 3.82. The van der Waals surface area contributed by atoms with Crippen LogP contribution in [-0.4, -0.2) is 15.1 Å². The summed E-state index contributed by atoms with van der Waals surface area (Å²) < 4.78 is 1.75. The standard InChI is InChI=1S/C16H9Br2N3O2/c17-7-2-4-11-10(5-7)14(21-23)15(19-11)13-9-3-1-8(18)6-12(9)20-16(13)22/h1-6,19-20,22H. The number of benzene rings is 2. The number of rotatable bonds is 2. The van der Waals surface area contributed by atoms with Crippen LogP contribution in [0.5, 0.6) is 5.88 Å². The number of aromatic nitrogens is 2. The van der Waals surface area contributed by atoms with Crippen molar-refractivity contribution in [1.29, 1.82) is 0 Å². The van der Waals surface area contributed by atoms with E-state index < -0.39 is 0 Å². The van der Waals surface area contributed by atoms with E-state index in [0.717, 1.165) is 25.4 Å². The van der Waals surface area contributed by atoms with Crippen LogP contribution < -0.4 is 0 Å². The molecule has 2 aromatic heterocycles. The van der Waals surface area contributed by atoms with Crippen molar-refractivity contribution in [2.75, 3.05) is 0 Å². The highest BCUT2D eigenvalue weighted by atomic mass is 79.9. The van der Waals surface area contributed by atoms with Gasteiger partial charge in [0.2, 0.25) is 0 Å². The minimum absolute atomic E-state index is 0.00591. The molecule has 4 aromatic rings. The van der Waals surface area contributed by atoms with Crippen molar-refractivity contribution in [3.8, 4) is 17.1 Å².